The summed E-state index contributed by atoms with van der Waals surface area (Å²) in [6.45, 7) is 16.2. The summed E-state index contributed by atoms with van der Waals surface area (Å²) < 4.78 is 0. The second-order valence-corrected chi connectivity index (χ2v) is 6.06. The van der Waals surface area contributed by atoms with E-state index >= 15 is 0 Å². The van der Waals surface area contributed by atoms with Crippen LogP contribution in [0.2, 0.25) is 0 Å². The molecule has 0 saturated carbocycles. The Morgan fingerprint density at radius 3 is 1.39 bits per heavy atom. The molecule has 0 spiro atoms. The fourth-order valence-corrected chi connectivity index (χ4v) is 2.28. The number of hydrogen-bond acceptors (Lipinski definition) is 1. The largest absolute Gasteiger partial charge is 0.314 e. The molecule has 1 heteroatoms. The normalized spacial score (nSPS) is 13.8. The van der Waals surface area contributed by atoms with Gasteiger partial charge in [0.15, 0.2) is 0 Å². The fraction of sp³-hybridized carbons (Fsp3) is 0.647. The number of rotatable bonds is 3. The van der Waals surface area contributed by atoms with E-state index in [0.29, 0.717) is 17.8 Å². The van der Waals surface area contributed by atoms with Crippen molar-refractivity contribution in [3.63, 3.8) is 0 Å². The van der Waals surface area contributed by atoms with Gasteiger partial charge in [0, 0.05) is 13.1 Å². The van der Waals surface area contributed by atoms with Crippen molar-refractivity contribution in [3.05, 3.63) is 34.9 Å². The molecule has 0 atom stereocenters. The van der Waals surface area contributed by atoms with Crippen LogP contribution in [0.3, 0.4) is 0 Å². The average molecular weight is 247 g/mol. The van der Waals surface area contributed by atoms with Crippen molar-refractivity contribution >= 4 is 0 Å². The molecule has 0 aromatic heterocycles. The first-order valence-electron chi connectivity index (χ1n) is 7.28. The highest BCUT2D eigenvalue weighted by molar-refractivity contribution is 5.40. The second-order valence-electron chi connectivity index (χ2n) is 6.06. The first kappa shape index (κ1) is 15.2. The predicted molar refractivity (Wildman–Crippen MR) is 81.6 cm³/mol. The predicted octanol–water partition coefficient (Wildman–Crippen LogP) is 4.65. The summed E-state index contributed by atoms with van der Waals surface area (Å²) in [6, 6.07) is 6.77. The average Bonchev–Trinajstić information content (AvgIpc) is 3.15. The van der Waals surface area contributed by atoms with E-state index in [1.165, 1.54) is 24.2 Å². The molecule has 1 aliphatic heterocycles. The van der Waals surface area contributed by atoms with Crippen LogP contribution < -0.4 is 5.32 Å². The first-order chi connectivity index (χ1) is 8.45. The minimum atomic E-state index is 0.626. The maximum absolute atomic E-state index is 3.00. The zero-order chi connectivity index (χ0) is 13.7. The second kappa shape index (κ2) is 6.94. The van der Waals surface area contributed by atoms with Crippen molar-refractivity contribution in [2.45, 2.75) is 59.3 Å². The summed E-state index contributed by atoms with van der Waals surface area (Å²) in [4.78, 5) is 0. The highest BCUT2D eigenvalue weighted by Gasteiger charge is 2.15. The van der Waals surface area contributed by atoms with Crippen LogP contribution in [-0.4, -0.2) is 13.1 Å². The third-order valence-electron chi connectivity index (χ3n) is 3.24. The molecular weight excluding hydrogens is 218 g/mol. The van der Waals surface area contributed by atoms with E-state index in [1.54, 1.807) is 5.56 Å². The highest BCUT2D eigenvalue weighted by Crippen LogP contribution is 2.32. The van der Waals surface area contributed by atoms with Gasteiger partial charge in [0.25, 0.3) is 0 Å². The lowest BCUT2D eigenvalue weighted by Gasteiger charge is -2.22. The van der Waals surface area contributed by atoms with E-state index in [9.17, 15) is 0 Å². The van der Waals surface area contributed by atoms with Crippen molar-refractivity contribution in [2.24, 2.45) is 0 Å². The van der Waals surface area contributed by atoms with E-state index in [-0.39, 0.29) is 0 Å². The highest BCUT2D eigenvalue weighted by atomic mass is 15.0. The molecule has 0 radical (unpaired) electrons. The molecule has 1 aliphatic rings. The molecule has 1 aromatic carbocycles. The molecule has 0 bridgehead atoms. The Labute approximate surface area is 113 Å². The van der Waals surface area contributed by atoms with E-state index in [0.717, 1.165) is 0 Å². The van der Waals surface area contributed by atoms with Gasteiger partial charge in [0.05, 0.1) is 0 Å². The minimum Gasteiger partial charge on any atom is -0.314 e. The lowest BCUT2D eigenvalue weighted by atomic mass is 9.83. The van der Waals surface area contributed by atoms with Crippen LogP contribution >= 0.6 is 0 Å². The monoisotopic (exact) mass is 247 g/mol. The third kappa shape index (κ3) is 4.45. The van der Waals surface area contributed by atoms with Crippen molar-refractivity contribution in [3.8, 4) is 0 Å². The Hall–Kier alpha value is -0.820. The summed E-state index contributed by atoms with van der Waals surface area (Å²) in [6.07, 6.45) is 0. The minimum absolute atomic E-state index is 0.626. The van der Waals surface area contributed by atoms with Crippen LogP contribution in [0.15, 0.2) is 18.2 Å². The summed E-state index contributed by atoms with van der Waals surface area (Å²) in [5, 5.41) is 3.00. The van der Waals surface area contributed by atoms with Crippen molar-refractivity contribution in [2.75, 3.05) is 13.1 Å². The van der Waals surface area contributed by atoms with Crippen LogP contribution in [0.5, 0.6) is 0 Å². The van der Waals surface area contributed by atoms with Gasteiger partial charge < -0.3 is 5.32 Å². The van der Waals surface area contributed by atoms with Gasteiger partial charge in [-0.3, -0.25) is 0 Å². The Bertz CT molecular complexity index is 333. The van der Waals surface area contributed by atoms with E-state index in [4.69, 9.17) is 0 Å². The molecule has 0 unspecified atom stereocenters. The Morgan fingerprint density at radius 1 is 0.778 bits per heavy atom. The van der Waals surface area contributed by atoms with Crippen molar-refractivity contribution in [1.82, 2.24) is 5.32 Å². The van der Waals surface area contributed by atoms with Gasteiger partial charge in [0.2, 0.25) is 0 Å². The lowest BCUT2D eigenvalue weighted by Crippen LogP contribution is -2.04. The molecular formula is C17H29N. The number of benzene rings is 1. The summed E-state index contributed by atoms with van der Waals surface area (Å²) >= 11 is 0. The fourth-order valence-electron chi connectivity index (χ4n) is 2.28. The quantitative estimate of drug-likeness (QED) is 0.772. The summed E-state index contributed by atoms with van der Waals surface area (Å²) in [5.74, 6) is 1.88. The topological polar surface area (TPSA) is 21.9 Å². The van der Waals surface area contributed by atoms with Crippen LogP contribution in [-0.2, 0) is 0 Å². The third-order valence-corrected chi connectivity index (χ3v) is 3.24. The molecule has 1 aromatic rings. The molecule has 0 aliphatic carbocycles. The van der Waals surface area contributed by atoms with Crippen LogP contribution in [0.1, 0.15) is 76.0 Å². The van der Waals surface area contributed by atoms with Crippen LogP contribution in [0.25, 0.3) is 0 Å². The van der Waals surface area contributed by atoms with Gasteiger partial charge in [-0.2, -0.15) is 0 Å². The molecule has 2 rings (SSSR count). The first-order valence-corrected chi connectivity index (χ1v) is 7.28. The summed E-state index contributed by atoms with van der Waals surface area (Å²) in [7, 11) is 0. The summed E-state index contributed by atoms with van der Waals surface area (Å²) in [5.41, 5.74) is 4.62. The van der Waals surface area contributed by atoms with Gasteiger partial charge in [-0.1, -0.05) is 59.7 Å². The van der Waals surface area contributed by atoms with Gasteiger partial charge in [-0.15, -0.1) is 0 Å². The Kier molecular flexibility index (Phi) is 5.87. The molecule has 1 saturated heterocycles. The zero-order valence-corrected chi connectivity index (χ0v) is 12.9. The van der Waals surface area contributed by atoms with Gasteiger partial charge >= 0.3 is 0 Å². The van der Waals surface area contributed by atoms with Crippen LogP contribution in [0.4, 0.5) is 0 Å². The smallest absolute Gasteiger partial charge is 0.00772 e. The SMILES string of the molecule is C1CN1.CC(C)c1cccc(C(C)C)c1C(C)C. The molecule has 102 valence electrons. The molecule has 18 heavy (non-hydrogen) atoms. The van der Waals surface area contributed by atoms with Gasteiger partial charge in [0.1, 0.15) is 0 Å². The van der Waals surface area contributed by atoms with Crippen molar-refractivity contribution < 1.29 is 0 Å². The van der Waals surface area contributed by atoms with Gasteiger partial charge in [-0.05, 0) is 34.4 Å². The van der Waals surface area contributed by atoms with Crippen LogP contribution in [0, 0.1) is 0 Å². The molecule has 1 heterocycles. The lowest BCUT2D eigenvalue weighted by molar-refractivity contribution is 0.748. The van der Waals surface area contributed by atoms with E-state index in [2.05, 4.69) is 65.1 Å². The van der Waals surface area contributed by atoms with E-state index < -0.39 is 0 Å². The Balaban J connectivity index is 0.000000468. The van der Waals surface area contributed by atoms with Crippen molar-refractivity contribution in [1.29, 1.82) is 0 Å². The number of nitrogens with one attached hydrogen (secondary N) is 1. The zero-order valence-electron chi connectivity index (χ0n) is 12.9. The van der Waals surface area contributed by atoms with E-state index in [1.807, 2.05) is 0 Å². The molecule has 1 fully saturated rings. The maximum atomic E-state index is 3.00. The molecule has 1 N–H and O–H groups in total. The maximum Gasteiger partial charge on any atom is 0.00772 e. The Morgan fingerprint density at radius 2 is 1.17 bits per heavy atom. The molecule has 1 nitrogen and oxygen atoms in total. The standard InChI is InChI=1S/C15H24.C2H5N/c1-10(2)13-8-7-9-14(11(3)4)15(13)12(5)6;1-2-3-1/h7-12H,1-6H3;3H,1-2H2. The number of hydrogen-bond donors (Lipinski definition) is 1. The molecule has 0 amide bonds. The van der Waals surface area contributed by atoms with Gasteiger partial charge in [-0.25, -0.2) is 0 Å².